The summed E-state index contributed by atoms with van der Waals surface area (Å²) in [6.45, 7) is 0. The van der Waals surface area contributed by atoms with Gasteiger partial charge in [0.1, 0.15) is 11.5 Å². The Hall–Kier alpha value is -3.60. The number of nitrogens with one attached hydrogen (secondary N) is 1. The van der Waals surface area contributed by atoms with Gasteiger partial charge in [-0.1, -0.05) is 59.7 Å². The molecule has 1 aliphatic rings. The zero-order valence-corrected chi connectivity index (χ0v) is 13.8. The molecule has 3 aromatic carbocycles. The standard InChI is InChI=1S/C21H15N3O2/c1-2-8-14(9-3-1)22-21-24-23-20(26-21)19-15-10-4-6-12-17(15)25-18-13-7-5-11-16(18)19/h1-13,19H,(H,22,24). The van der Waals surface area contributed by atoms with Crippen LogP contribution < -0.4 is 10.1 Å². The summed E-state index contributed by atoms with van der Waals surface area (Å²) >= 11 is 0. The molecule has 0 bridgehead atoms. The van der Waals surface area contributed by atoms with Crippen LogP contribution in [0.5, 0.6) is 11.5 Å². The van der Waals surface area contributed by atoms with Crippen LogP contribution in [0.1, 0.15) is 22.9 Å². The van der Waals surface area contributed by atoms with Crippen molar-refractivity contribution in [1.29, 1.82) is 0 Å². The van der Waals surface area contributed by atoms with E-state index in [0.717, 1.165) is 28.3 Å². The maximum atomic E-state index is 6.03. The number of benzene rings is 3. The Balaban J connectivity index is 1.56. The summed E-state index contributed by atoms with van der Waals surface area (Å²) < 4.78 is 12.0. The summed E-state index contributed by atoms with van der Waals surface area (Å²) in [5.41, 5.74) is 2.93. The molecule has 0 saturated carbocycles. The molecule has 5 rings (SSSR count). The van der Waals surface area contributed by atoms with Gasteiger partial charge < -0.3 is 14.5 Å². The number of anilines is 2. The molecule has 2 heterocycles. The predicted octanol–water partition coefficient (Wildman–Crippen LogP) is 5.10. The molecule has 1 aromatic heterocycles. The van der Waals surface area contributed by atoms with E-state index in [1.807, 2.05) is 78.9 Å². The fraction of sp³-hybridized carbons (Fsp3) is 0.0476. The third-order valence-electron chi connectivity index (χ3n) is 4.39. The van der Waals surface area contributed by atoms with E-state index in [0.29, 0.717) is 11.9 Å². The van der Waals surface area contributed by atoms with Crippen molar-refractivity contribution in [2.75, 3.05) is 5.32 Å². The average Bonchev–Trinajstić information content (AvgIpc) is 3.14. The molecule has 126 valence electrons. The maximum Gasteiger partial charge on any atom is 0.320 e. The molecule has 0 atom stereocenters. The highest BCUT2D eigenvalue weighted by molar-refractivity contribution is 5.56. The van der Waals surface area contributed by atoms with Crippen molar-refractivity contribution in [2.24, 2.45) is 0 Å². The molecule has 26 heavy (non-hydrogen) atoms. The number of para-hydroxylation sites is 3. The number of hydrogen-bond acceptors (Lipinski definition) is 5. The van der Waals surface area contributed by atoms with Gasteiger partial charge in [-0.2, -0.15) is 0 Å². The third-order valence-corrected chi connectivity index (χ3v) is 4.39. The van der Waals surface area contributed by atoms with Gasteiger partial charge in [-0.25, -0.2) is 0 Å². The fourth-order valence-electron chi connectivity index (χ4n) is 3.22. The zero-order valence-electron chi connectivity index (χ0n) is 13.8. The Labute approximate surface area is 150 Å². The first-order valence-electron chi connectivity index (χ1n) is 8.40. The van der Waals surface area contributed by atoms with Crippen LogP contribution in [0.3, 0.4) is 0 Å². The summed E-state index contributed by atoms with van der Waals surface area (Å²) in [5.74, 6) is 2.00. The summed E-state index contributed by atoms with van der Waals surface area (Å²) in [5, 5.41) is 11.6. The minimum absolute atomic E-state index is 0.157. The molecule has 0 radical (unpaired) electrons. The minimum Gasteiger partial charge on any atom is -0.457 e. The molecular formula is C21H15N3O2. The second-order valence-corrected chi connectivity index (χ2v) is 6.05. The normalized spacial score (nSPS) is 12.8. The average molecular weight is 341 g/mol. The Morgan fingerprint density at radius 1 is 0.692 bits per heavy atom. The molecule has 0 unspecified atom stereocenters. The molecule has 0 amide bonds. The van der Waals surface area contributed by atoms with Crippen LogP contribution in [0.25, 0.3) is 0 Å². The number of aromatic nitrogens is 2. The maximum absolute atomic E-state index is 6.03. The Morgan fingerprint density at radius 2 is 1.31 bits per heavy atom. The lowest BCUT2D eigenvalue weighted by atomic mass is 9.88. The van der Waals surface area contributed by atoms with Crippen molar-refractivity contribution in [1.82, 2.24) is 10.2 Å². The van der Waals surface area contributed by atoms with E-state index in [4.69, 9.17) is 9.15 Å². The quantitative estimate of drug-likeness (QED) is 0.495. The van der Waals surface area contributed by atoms with Gasteiger partial charge in [0.05, 0.1) is 5.92 Å². The number of hydrogen-bond donors (Lipinski definition) is 1. The number of ether oxygens (including phenoxy) is 1. The number of nitrogens with zero attached hydrogens (tertiary/aromatic N) is 2. The third kappa shape index (κ3) is 2.50. The van der Waals surface area contributed by atoms with Gasteiger partial charge in [-0.05, 0) is 24.3 Å². The molecule has 4 aromatic rings. The first-order chi connectivity index (χ1) is 12.9. The van der Waals surface area contributed by atoms with E-state index in [1.165, 1.54) is 0 Å². The Bertz CT molecular complexity index is 1010. The lowest BCUT2D eigenvalue weighted by molar-refractivity contribution is 0.430. The molecule has 0 aliphatic carbocycles. The summed E-state index contributed by atoms with van der Waals surface area (Å²) in [4.78, 5) is 0. The molecule has 5 nitrogen and oxygen atoms in total. The van der Waals surface area contributed by atoms with Gasteiger partial charge in [-0.3, -0.25) is 0 Å². The topological polar surface area (TPSA) is 60.2 Å². The van der Waals surface area contributed by atoms with Crippen molar-refractivity contribution in [3.8, 4) is 11.5 Å². The lowest BCUT2D eigenvalue weighted by Gasteiger charge is -2.25. The van der Waals surface area contributed by atoms with Gasteiger partial charge in [0.25, 0.3) is 0 Å². The first kappa shape index (κ1) is 14.7. The van der Waals surface area contributed by atoms with Gasteiger partial charge in [0.2, 0.25) is 5.89 Å². The Kier molecular flexibility index (Phi) is 3.42. The first-order valence-corrected chi connectivity index (χ1v) is 8.40. The SMILES string of the molecule is c1ccc(Nc2nnc(C3c4ccccc4Oc4ccccc43)o2)cc1. The van der Waals surface area contributed by atoms with E-state index >= 15 is 0 Å². The van der Waals surface area contributed by atoms with E-state index in [-0.39, 0.29) is 5.92 Å². The number of rotatable bonds is 3. The molecule has 0 fully saturated rings. The van der Waals surface area contributed by atoms with Gasteiger partial charge in [0, 0.05) is 16.8 Å². The van der Waals surface area contributed by atoms with Gasteiger partial charge >= 0.3 is 6.01 Å². The van der Waals surface area contributed by atoms with Gasteiger partial charge in [-0.15, -0.1) is 5.10 Å². The summed E-state index contributed by atoms with van der Waals surface area (Å²) in [6, 6.07) is 26.0. The molecule has 1 aliphatic heterocycles. The van der Waals surface area contributed by atoms with Crippen LogP contribution >= 0.6 is 0 Å². The van der Waals surface area contributed by atoms with E-state index in [1.54, 1.807) is 0 Å². The minimum atomic E-state index is -0.157. The molecule has 1 N–H and O–H groups in total. The molecule has 0 saturated heterocycles. The van der Waals surface area contributed by atoms with Crippen LogP contribution in [0, 0.1) is 0 Å². The van der Waals surface area contributed by atoms with Crippen LogP contribution in [0.4, 0.5) is 11.7 Å². The van der Waals surface area contributed by atoms with Crippen LogP contribution in [-0.4, -0.2) is 10.2 Å². The van der Waals surface area contributed by atoms with E-state index in [2.05, 4.69) is 15.5 Å². The highest BCUT2D eigenvalue weighted by Gasteiger charge is 2.32. The van der Waals surface area contributed by atoms with Crippen LogP contribution in [0.15, 0.2) is 83.3 Å². The summed E-state index contributed by atoms with van der Waals surface area (Å²) in [7, 11) is 0. The Morgan fingerprint density at radius 3 is 2.00 bits per heavy atom. The fourth-order valence-corrected chi connectivity index (χ4v) is 3.22. The van der Waals surface area contributed by atoms with E-state index < -0.39 is 0 Å². The van der Waals surface area contributed by atoms with Crippen molar-refractivity contribution in [2.45, 2.75) is 5.92 Å². The highest BCUT2D eigenvalue weighted by atomic mass is 16.5. The number of fused-ring (bicyclic) bond motifs is 2. The van der Waals surface area contributed by atoms with Crippen molar-refractivity contribution in [3.05, 3.63) is 95.9 Å². The lowest BCUT2D eigenvalue weighted by Crippen LogP contribution is -2.11. The van der Waals surface area contributed by atoms with Crippen molar-refractivity contribution in [3.63, 3.8) is 0 Å². The van der Waals surface area contributed by atoms with Crippen LogP contribution in [0.2, 0.25) is 0 Å². The van der Waals surface area contributed by atoms with Crippen LogP contribution in [-0.2, 0) is 0 Å². The molecule has 0 spiro atoms. The van der Waals surface area contributed by atoms with Crippen molar-refractivity contribution < 1.29 is 9.15 Å². The zero-order chi connectivity index (χ0) is 17.3. The highest BCUT2D eigenvalue weighted by Crippen LogP contribution is 2.46. The van der Waals surface area contributed by atoms with Gasteiger partial charge in [0.15, 0.2) is 0 Å². The van der Waals surface area contributed by atoms with E-state index in [9.17, 15) is 0 Å². The van der Waals surface area contributed by atoms with Crippen molar-refractivity contribution >= 4 is 11.7 Å². The second-order valence-electron chi connectivity index (χ2n) is 6.05. The smallest absolute Gasteiger partial charge is 0.320 e. The summed E-state index contributed by atoms with van der Waals surface area (Å²) in [6.07, 6.45) is 0. The largest absolute Gasteiger partial charge is 0.457 e. The molecular weight excluding hydrogens is 326 g/mol. The monoisotopic (exact) mass is 341 g/mol. The molecule has 5 heteroatoms. The predicted molar refractivity (Wildman–Crippen MR) is 97.9 cm³/mol. The second kappa shape index (κ2) is 6.04.